The summed E-state index contributed by atoms with van der Waals surface area (Å²) in [5, 5.41) is 2.98. The van der Waals surface area contributed by atoms with Crippen molar-refractivity contribution < 1.29 is 12.8 Å². The predicted octanol–water partition coefficient (Wildman–Crippen LogP) is 1.91. The van der Waals surface area contributed by atoms with Crippen molar-refractivity contribution in [1.82, 2.24) is 5.32 Å². The van der Waals surface area contributed by atoms with Gasteiger partial charge < -0.3 is 5.32 Å². The molecule has 17 heavy (non-hydrogen) atoms. The van der Waals surface area contributed by atoms with Crippen LogP contribution in [-0.4, -0.2) is 26.5 Å². The molecule has 0 aliphatic heterocycles. The topological polar surface area (TPSA) is 46.2 Å². The fraction of sp³-hybridized carbons (Fsp3) is 0.500. The average molecular weight is 259 g/mol. The Kier molecular flexibility index (Phi) is 3.94. The van der Waals surface area contributed by atoms with Gasteiger partial charge in [0.25, 0.3) is 0 Å². The van der Waals surface area contributed by atoms with Gasteiger partial charge in [-0.25, -0.2) is 12.8 Å². The second-order valence-electron chi connectivity index (χ2n) is 4.65. The van der Waals surface area contributed by atoms with Gasteiger partial charge in [0.05, 0.1) is 10.8 Å². The maximum atomic E-state index is 12.8. The molecule has 0 aliphatic carbocycles. The van der Waals surface area contributed by atoms with Crippen LogP contribution in [0.4, 0.5) is 4.39 Å². The van der Waals surface area contributed by atoms with E-state index >= 15 is 0 Å². The first-order chi connectivity index (χ1) is 7.70. The molecule has 5 heteroatoms. The molecule has 0 saturated carbocycles. The van der Waals surface area contributed by atoms with Gasteiger partial charge in [-0.05, 0) is 38.6 Å². The van der Waals surface area contributed by atoms with Crippen LogP contribution in [0, 0.1) is 5.82 Å². The highest BCUT2D eigenvalue weighted by atomic mass is 32.2. The largest absolute Gasteiger partial charge is 0.312 e. The molecule has 0 heterocycles. The lowest BCUT2D eigenvalue weighted by Gasteiger charge is -2.32. The van der Waals surface area contributed by atoms with E-state index in [4.69, 9.17) is 0 Å². The third kappa shape index (κ3) is 2.84. The lowest BCUT2D eigenvalue weighted by Crippen LogP contribution is -2.43. The second-order valence-corrected chi connectivity index (χ2v) is 7.25. The van der Waals surface area contributed by atoms with E-state index in [1.54, 1.807) is 33.0 Å². The molecule has 0 aliphatic rings. The van der Waals surface area contributed by atoms with E-state index in [1.165, 1.54) is 18.4 Å². The van der Waals surface area contributed by atoms with Gasteiger partial charge in [-0.3, -0.25) is 0 Å². The van der Waals surface area contributed by atoms with Crippen LogP contribution in [0.25, 0.3) is 0 Å². The maximum Gasteiger partial charge on any atom is 0.154 e. The quantitative estimate of drug-likeness (QED) is 0.898. The third-order valence-corrected chi connectivity index (χ3v) is 5.29. The molecule has 1 unspecified atom stereocenters. The third-order valence-electron chi connectivity index (χ3n) is 3.14. The fourth-order valence-electron chi connectivity index (χ4n) is 1.78. The van der Waals surface area contributed by atoms with Crippen LogP contribution in [0.1, 0.15) is 25.5 Å². The molecule has 0 aromatic heterocycles. The number of sulfone groups is 1. The maximum absolute atomic E-state index is 12.8. The Morgan fingerprint density at radius 3 is 2.06 bits per heavy atom. The Morgan fingerprint density at radius 2 is 1.71 bits per heavy atom. The van der Waals surface area contributed by atoms with E-state index in [2.05, 4.69) is 5.32 Å². The molecule has 3 nitrogen and oxygen atoms in total. The van der Waals surface area contributed by atoms with E-state index in [9.17, 15) is 12.8 Å². The highest BCUT2D eigenvalue weighted by Crippen LogP contribution is 2.31. The molecule has 0 radical (unpaired) electrons. The number of hydrogen-bond donors (Lipinski definition) is 1. The summed E-state index contributed by atoms with van der Waals surface area (Å²) in [6, 6.07) is 5.49. The second kappa shape index (κ2) is 4.74. The lowest BCUT2D eigenvalue weighted by molar-refractivity contribution is 0.445. The first-order valence-electron chi connectivity index (χ1n) is 5.32. The molecule has 1 aromatic carbocycles. The minimum absolute atomic E-state index is 0.333. The van der Waals surface area contributed by atoms with Crippen molar-refractivity contribution in [2.45, 2.75) is 24.6 Å². The molecular formula is C12H18FNO2S. The van der Waals surface area contributed by atoms with Crippen molar-refractivity contribution in [3.8, 4) is 0 Å². The zero-order valence-electron chi connectivity index (χ0n) is 10.5. The molecule has 0 spiro atoms. The Bertz CT molecular complexity index is 480. The molecule has 96 valence electrons. The Balaban J connectivity index is 3.21. The van der Waals surface area contributed by atoms with Crippen LogP contribution >= 0.6 is 0 Å². The normalized spacial score (nSPS) is 14.6. The molecular weight excluding hydrogens is 241 g/mol. The molecule has 0 fully saturated rings. The van der Waals surface area contributed by atoms with Crippen molar-refractivity contribution in [1.29, 1.82) is 0 Å². The highest BCUT2D eigenvalue weighted by molar-refractivity contribution is 7.92. The monoisotopic (exact) mass is 259 g/mol. The number of halogens is 1. The number of hydrogen-bond acceptors (Lipinski definition) is 3. The smallest absolute Gasteiger partial charge is 0.154 e. The summed E-state index contributed by atoms with van der Waals surface area (Å²) >= 11 is 0. The number of rotatable bonds is 4. The van der Waals surface area contributed by atoms with Gasteiger partial charge >= 0.3 is 0 Å². The summed E-state index contributed by atoms with van der Waals surface area (Å²) in [6.07, 6.45) is 1.21. The minimum Gasteiger partial charge on any atom is -0.312 e. The SMILES string of the molecule is CNC(c1ccc(F)cc1)C(C)(C)S(C)(=O)=O. The Hall–Kier alpha value is -0.940. The first kappa shape index (κ1) is 14.1. The average Bonchev–Trinajstić information content (AvgIpc) is 2.20. The van der Waals surface area contributed by atoms with E-state index in [0.717, 1.165) is 5.56 Å². The van der Waals surface area contributed by atoms with Crippen LogP contribution in [0.5, 0.6) is 0 Å². The summed E-state index contributed by atoms with van der Waals surface area (Å²) < 4.78 is 35.4. The summed E-state index contributed by atoms with van der Waals surface area (Å²) in [7, 11) is -1.53. The van der Waals surface area contributed by atoms with Crippen molar-refractivity contribution in [3.05, 3.63) is 35.6 Å². The Labute approximate surface area is 102 Å². The van der Waals surface area contributed by atoms with Crippen molar-refractivity contribution in [2.24, 2.45) is 0 Å². The molecule has 1 aromatic rings. The van der Waals surface area contributed by atoms with E-state index in [1.807, 2.05) is 0 Å². The molecule has 0 saturated heterocycles. The van der Waals surface area contributed by atoms with Crippen LogP contribution in [-0.2, 0) is 9.84 Å². The Morgan fingerprint density at radius 1 is 1.24 bits per heavy atom. The summed E-state index contributed by atoms with van der Waals surface area (Å²) in [6.45, 7) is 3.32. The van der Waals surface area contributed by atoms with Gasteiger partial charge in [0, 0.05) is 6.26 Å². The standard InChI is InChI=1S/C12H18FNO2S/c1-12(2,17(4,15)16)11(14-3)9-5-7-10(13)8-6-9/h5-8,11,14H,1-4H3. The highest BCUT2D eigenvalue weighted by Gasteiger charge is 2.39. The number of nitrogens with one attached hydrogen (secondary N) is 1. The predicted molar refractivity (Wildman–Crippen MR) is 67.1 cm³/mol. The van der Waals surface area contributed by atoms with Gasteiger partial charge in [0.15, 0.2) is 9.84 Å². The minimum atomic E-state index is -3.23. The molecule has 1 rings (SSSR count). The van der Waals surface area contributed by atoms with E-state index in [0.29, 0.717) is 0 Å². The first-order valence-corrected chi connectivity index (χ1v) is 7.21. The molecule has 1 atom stereocenters. The summed E-state index contributed by atoms with van der Waals surface area (Å²) in [4.78, 5) is 0. The molecule has 0 amide bonds. The van der Waals surface area contributed by atoms with Crippen molar-refractivity contribution in [3.63, 3.8) is 0 Å². The zero-order chi connectivity index (χ0) is 13.3. The number of benzene rings is 1. The van der Waals surface area contributed by atoms with Crippen LogP contribution < -0.4 is 5.32 Å². The van der Waals surface area contributed by atoms with Gasteiger partial charge in [-0.15, -0.1) is 0 Å². The van der Waals surface area contributed by atoms with E-state index < -0.39 is 14.6 Å². The molecule has 1 N–H and O–H groups in total. The fourth-order valence-corrected chi connectivity index (χ4v) is 2.47. The van der Waals surface area contributed by atoms with Crippen molar-refractivity contribution in [2.75, 3.05) is 13.3 Å². The van der Waals surface area contributed by atoms with Crippen molar-refractivity contribution >= 4 is 9.84 Å². The summed E-state index contributed by atoms with van der Waals surface area (Å²) in [5.41, 5.74) is 0.754. The van der Waals surface area contributed by atoms with Gasteiger partial charge in [0.1, 0.15) is 5.82 Å². The van der Waals surface area contributed by atoms with Gasteiger partial charge in [-0.2, -0.15) is 0 Å². The lowest BCUT2D eigenvalue weighted by atomic mass is 9.95. The van der Waals surface area contributed by atoms with Crippen LogP contribution in [0.3, 0.4) is 0 Å². The van der Waals surface area contributed by atoms with Crippen LogP contribution in [0.2, 0.25) is 0 Å². The van der Waals surface area contributed by atoms with Gasteiger partial charge in [-0.1, -0.05) is 12.1 Å². The van der Waals surface area contributed by atoms with E-state index in [-0.39, 0.29) is 11.9 Å². The zero-order valence-corrected chi connectivity index (χ0v) is 11.3. The molecule has 0 bridgehead atoms. The summed E-state index contributed by atoms with van der Waals surface area (Å²) in [5.74, 6) is -0.333. The van der Waals surface area contributed by atoms with Gasteiger partial charge in [0.2, 0.25) is 0 Å². The van der Waals surface area contributed by atoms with Crippen LogP contribution in [0.15, 0.2) is 24.3 Å².